The van der Waals surface area contributed by atoms with Gasteiger partial charge in [-0.3, -0.25) is 0 Å². The largest absolute Gasteiger partial charge is 0.472 e. The van der Waals surface area contributed by atoms with Gasteiger partial charge < -0.3 is 15.7 Å². The second-order valence-electron chi connectivity index (χ2n) is 3.76. The lowest BCUT2D eigenvalue weighted by molar-refractivity contribution is 0.291. The van der Waals surface area contributed by atoms with Gasteiger partial charge >= 0.3 is 0 Å². The molecule has 0 fully saturated rings. The standard InChI is InChI=1S/C13H12BrN3O2/c14-10-4-1-3-9(7-10)8-19-13-11(12(15)17-18)5-2-6-16-13/h1-7,18H,8H2,(H2,15,17). The number of nitrogens with zero attached hydrogens (tertiary/aromatic N) is 2. The van der Waals surface area contributed by atoms with Gasteiger partial charge in [0, 0.05) is 10.7 Å². The summed E-state index contributed by atoms with van der Waals surface area (Å²) in [5, 5.41) is 11.7. The molecule has 0 saturated carbocycles. The van der Waals surface area contributed by atoms with Gasteiger partial charge in [-0.2, -0.15) is 0 Å². The van der Waals surface area contributed by atoms with Crippen LogP contribution in [0, 0.1) is 0 Å². The van der Waals surface area contributed by atoms with Gasteiger partial charge in [0.2, 0.25) is 5.88 Å². The number of nitrogens with two attached hydrogens (primary N) is 1. The van der Waals surface area contributed by atoms with Crippen molar-refractivity contribution in [1.82, 2.24) is 4.98 Å². The molecule has 0 saturated heterocycles. The summed E-state index contributed by atoms with van der Waals surface area (Å²) in [4.78, 5) is 4.08. The maximum atomic E-state index is 8.71. The summed E-state index contributed by atoms with van der Waals surface area (Å²) in [5.74, 6) is 0.301. The number of benzene rings is 1. The van der Waals surface area contributed by atoms with Gasteiger partial charge in [0.05, 0.1) is 5.56 Å². The Bertz CT molecular complexity index is 602. The molecule has 0 radical (unpaired) electrons. The molecule has 1 aromatic heterocycles. The van der Waals surface area contributed by atoms with E-state index in [4.69, 9.17) is 15.7 Å². The maximum absolute atomic E-state index is 8.71. The van der Waals surface area contributed by atoms with E-state index in [0.717, 1.165) is 10.0 Å². The number of pyridine rings is 1. The Labute approximate surface area is 118 Å². The van der Waals surface area contributed by atoms with E-state index in [2.05, 4.69) is 26.1 Å². The van der Waals surface area contributed by atoms with Crippen LogP contribution >= 0.6 is 15.9 Å². The van der Waals surface area contributed by atoms with Gasteiger partial charge in [-0.15, -0.1) is 0 Å². The van der Waals surface area contributed by atoms with Crippen LogP contribution in [0.2, 0.25) is 0 Å². The van der Waals surface area contributed by atoms with E-state index >= 15 is 0 Å². The van der Waals surface area contributed by atoms with Crippen molar-refractivity contribution in [2.75, 3.05) is 0 Å². The van der Waals surface area contributed by atoms with Crippen molar-refractivity contribution in [2.45, 2.75) is 6.61 Å². The molecule has 3 N–H and O–H groups in total. The van der Waals surface area contributed by atoms with E-state index in [9.17, 15) is 0 Å². The fraction of sp³-hybridized carbons (Fsp3) is 0.0769. The first-order valence-corrected chi connectivity index (χ1v) is 6.30. The van der Waals surface area contributed by atoms with Crippen LogP contribution in [-0.4, -0.2) is 16.0 Å². The average Bonchev–Trinajstić information content (AvgIpc) is 2.45. The summed E-state index contributed by atoms with van der Waals surface area (Å²) in [5.41, 5.74) is 7.01. The molecule has 0 aliphatic heterocycles. The molecule has 1 heterocycles. The number of aromatic nitrogens is 1. The highest BCUT2D eigenvalue weighted by molar-refractivity contribution is 9.10. The number of halogens is 1. The number of hydrogen-bond acceptors (Lipinski definition) is 4. The Morgan fingerprint density at radius 1 is 1.37 bits per heavy atom. The molecule has 0 bridgehead atoms. The zero-order chi connectivity index (χ0) is 13.7. The van der Waals surface area contributed by atoms with Crippen molar-refractivity contribution >= 4 is 21.8 Å². The van der Waals surface area contributed by atoms with E-state index in [-0.39, 0.29) is 5.84 Å². The summed E-state index contributed by atoms with van der Waals surface area (Å²) in [6.07, 6.45) is 1.59. The molecular formula is C13H12BrN3O2. The number of amidine groups is 1. The zero-order valence-electron chi connectivity index (χ0n) is 9.95. The fourth-order valence-corrected chi connectivity index (χ4v) is 1.98. The Balaban J connectivity index is 2.16. The van der Waals surface area contributed by atoms with Crippen LogP contribution in [0.3, 0.4) is 0 Å². The first kappa shape index (κ1) is 13.4. The third-order valence-electron chi connectivity index (χ3n) is 2.42. The van der Waals surface area contributed by atoms with Crippen molar-refractivity contribution in [3.8, 4) is 5.88 Å². The van der Waals surface area contributed by atoms with Gasteiger partial charge in [0.25, 0.3) is 0 Å². The predicted octanol–water partition coefficient (Wildman–Crippen LogP) is 2.52. The Kier molecular flexibility index (Phi) is 4.35. The van der Waals surface area contributed by atoms with Gasteiger partial charge in [0.15, 0.2) is 5.84 Å². The molecule has 6 heteroatoms. The minimum Gasteiger partial charge on any atom is -0.472 e. The quantitative estimate of drug-likeness (QED) is 0.392. The second-order valence-corrected chi connectivity index (χ2v) is 4.68. The summed E-state index contributed by atoms with van der Waals surface area (Å²) < 4.78 is 6.58. The smallest absolute Gasteiger partial charge is 0.224 e. The first-order chi connectivity index (χ1) is 9.20. The van der Waals surface area contributed by atoms with Crippen LogP contribution < -0.4 is 10.5 Å². The molecule has 98 valence electrons. The van der Waals surface area contributed by atoms with Crippen molar-refractivity contribution in [3.05, 3.63) is 58.2 Å². The highest BCUT2D eigenvalue weighted by Gasteiger charge is 2.09. The minimum absolute atomic E-state index is 0.0302. The maximum Gasteiger partial charge on any atom is 0.224 e. The molecule has 5 nitrogen and oxygen atoms in total. The molecular weight excluding hydrogens is 310 g/mol. The third-order valence-corrected chi connectivity index (χ3v) is 2.91. The molecule has 0 aliphatic rings. The Morgan fingerprint density at radius 3 is 2.95 bits per heavy atom. The Hall–Kier alpha value is -2.08. The second kappa shape index (κ2) is 6.19. The monoisotopic (exact) mass is 321 g/mol. The molecule has 0 atom stereocenters. The normalized spacial score (nSPS) is 11.3. The molecule has 0 amide bonds. The summed E-state index contributed by atoms with van der Waals surface area (Å²) >= 11 is 3.39. The fourth-order valence-electron chi connectivity index (χ4n) is 1.53. The molecule has 0 unspecified atom stereocenters. The molecule has 0 spiro atoms. The van der Waals surface area contributed by atoms with E-state index in [1.165, 1.54) is 0 Å². The lowest BCUT2D eigenvalue weighted by Crippen LogP contribution is -2.15. The number of hydrogen-bond donors (Lipinski definition) is 2. The van der Waals surface area contributed by atoms with Crippen LogP contribution in [-0.2, 0) is 6.61 Å². The summed E-state index contributed by atoms with van der Waals surface area (Å²) in [6, 6.07) is 11.1. The minimum atomic E-state index is -0.0302. The highest BCUT2D eigenvalue weighted by atomic mass is 79.9. The van der Waals surface area contributed by atoms with Gasteiger partial charge in [0.1, 0.15) is 6.61 Å². The van der Waals surface area contributed by atoms with Crippen molar-refractivity contribution in [2.24, 2.45) is 10.9 Å². The SMILES string of the molecule is N/C(=N/O)c1cccnc1OCc1cccc(Br)c1. The molecule has 1 aromatic carbocycles. The highest BCUT2D eigenvalue weighted by Crippen LogP contribution is 2.17. The average molecular weight is 322 g/mol. The van der Waals surface area contributed by atoms with Crippen LogP contribution in [0.4, 0.5) is 0 Å². The van der Waals surface area contributed by atoms with Gasteiger partial charge in [-0.25, -0.2) is 4.98 Å². The molecule has 19 heavy (non-hydrogen) atoms. The number of rotatable bonds is 4. The number of ether oxygens (including phenoxy) is 1. The molecule has 0 aliphatic carbocycles. The predicted molar refractivity (Wildman–Crippen MR) is 75.2 cm³/mol. The van der Waals surface area contributed by atoms with Crippen molar-refractivity contribution in [1.29, 1.82) is 0 Å². The van der Waals surface area contributed by atoms with E-state index in [1.54, 1.807) is 18.3 Å². The van der Waals surface area contributed by atoms with Gasteiger partial charge in [-0.1, -0.05) is 33.2 Å². The van der Waals surface area contributed by atoms with Crippen molar-refractivity contribution in [3.63, 3.8) is 0 Å². The van der Waals surface area contributed by atoms with E-state index in [0.29, 0.717) is 18.1 Å². The van der Waals surface area contributed by atoms with E-state index < -0.39 is 0 Å². The topological polar surface area (TPSA) is 80.7 Å². The van der Waals surface area contributed by atoms with Crippen LogP contribution in [0.15, 0.2) is 52.2 Å². The zero-order valence-corrected chi connectivity index (χ0v) is 11.5. The lowest BCUT2D eigenvalue weighted by atomic mass is 10.2. The van der Waals surface area contributed by atoms with Crippen LogP contribution in [0.5, 0.6) is 5.88 Å². The molecule has 2 aromatic rings. The van der Waals surface area contributed by atoms with Crippen LogP contribution in [0.1, 0.15) is 11.1 Å². The number of oxime groups is 1. The van der Waals surface area contributed by atoms with Gasteiger partial charge in [-0.05, 0) is 29.8 Å². The summed E-state index contributed by atoms with van der Waals surface area (Å²) in [7, 11) is 0. The molecule has 2 rings (SSSR count). The van der Waals surface area contributed by atoms with E-state index in [1.807, 2.05) is 24.3 Å². The first-order valence-electron chi connectivity index (χ1n) is 5.51. The Morgan fingerprint density at radius 2 is 2.21 bits per heavy atom. The summed E-state index contributed by atoms with van der Waals surface area (Å²) in [6.45, 7) is 0.349. The lowest BCUT2D eigenvalue weighted by Gasteiger charge is -2.09. The van der Waals surface area contributed by atoms with Crippen molar-refractivity contribution < 1.29 is 9.94 Å². The third kappa shape index (κ3) is 3.45. The van der Waals surface area contributed by atoms with Crippen LogP contribution in [0.25, 0.3) is 0 Å².